The van der Waals surface area contributed by atoms with Gasteiger partial charge in [-0.2, -0.15) is 0 Å². The lowest BCUT2D eigenvalue weighted by Gasteiger charge is -2.36. The van der Waals surface area contributed by atoms with Crippen LogP contribution in [0.15, 0.2) is 60.7 Å². The number of halogens is 1. The van der Waals surface area contributed by atoms with Crippen LogP contribution in [-0.4, -0.2) is 51.9 Å². The van der Waals surface area contributed by atoms with E-state index in [4.69, 9.17) is 23.7 Å². The molecule has 1 heterocycles. The van der Waals surface area contributed by atoms with E-state index in [9.17, 15) is 9.59 Å². The number of nitrogens with one attached hydrogen (secondary N) is 1. The number of anilines is 1. The highest BCUT2D eigenvalue weighted by atomic mass is 19.1. The molecule has 0 radical (unpaired) electrons. The van der Waals surface area contributed by atoms with Crippen LogP contribution in [-0.2, 0) is 9.59 Å². The maximum atomic E-state index is 15.5. The summed E-state index contributed by atoms with van der Waals surface area (Å²) in [5, 5.41) is 3.12. The maximum absolute atomic E-state index is 15.5. The summed E-state index contributed by atoms with van der Waals surface area (Å²) in [7, 11) is 4.39. The predicted octanol–water partition coefficient (Wildman–Crippen LogP) is 5.21. The van der Waals surface area contributed by atoms with Crippen molar-refractivity contribution >= 4 is 17.5 Å². The van der Waals surface area contributed by atoms with Crippen LogP contribution in [0.4, 0.5) is 10.1 Å². The zero-order chi connectivity index (χ0) is 29.6. The number of nitrogens with zero attached hydrogens (tertiary/aromatic N) is 1. The molecule has 1 saturated carbocycles. The number of methoxy groups -OCH3 is 3. The summed E-state index contributed by atoms with van der Waals surface area (Å²) in [5.41, 5.74) is 0.258. The molecule has 2 aliphatic rings. The van der Waals surface area contributed by atoms with E-state index >= 15 is 4.39 Å². The Hall–Kier alpha value is -4.47. The monoisotopic (exact) mass is 578 g/mol. The lowest BCUT2D eigenvalue weighted by molar-refractivity contribution is -0.132. The Morgan fingerprint density at radius 2 is 1.55 bits per heavy atom. The van der Waals surface area contributed by atoms with Gasteiger partial charge in [0.25, 0.3) is 5.91 Å². The Kier molecular flexibility index (Phi) is 9.00. The Balaban J connectivity index is 1.64. The second-order valence-electron chi connectivity index (χ2n) is 10.2. The zero-order valence-corrected chi connectivity index (χ0v) is 23.9. The molecule has 0 saturated heterocycles. The van der Waals surface area contributed by atoms with E-state index in [1.165, 1.54) is 39.5 Å². The first-order valence-electron chi connectivity index (χ1n) is 14.0. The number of carbonyl (C=O) groups is 2. The lowest BCUT2D eigenvalue weighted by Crippen LogP contribution is -2.53. The number of hydrogen-bond donors (Lipinski definition) is 1. The molecular weight excluding hydrogens is 543 g/mol. The lowest BCUT2D eigenvalue weighted by atomic mass is 9.94. The molecule has 1 aliphatic carbocycles. The van der Waals surface area contributed by atoms with Crippen molar-refractivity contribution in [3.63, 3.8) is 0 Å². The van der Waals surface area contributed by atoms with Crippen LogP contribution in [0.3, 0.4) is 0 Å². The number of carbonyl (C=O) groups excluding carboxylic acids is 2. The van der Waals surface area contributed by atoms with Crippen LogP contribution < -0.4 is 33.9 Å². The second kappa shape index (κ2) is 13.0. The van der Waals surface area contributed by atoms with Crippen molar-refractivity contribution in [3.05, 3.63) is 72.0 Å². The van der Waals surface area contributed by atoms with E-state index in [0.717, 1.165) is 37.0 Å². The van der Waals surface area contributed by atoms with Crippen molar-refractivity contribution in [2.45, 2.75) is 50.3 Å². The molecule has 0 spiro atoms. The molecule has 10 heteroatoms. The average molecular weight is 579 g/mol. The van der Waals surface area contributed by atoms with E-state index in [-0.39, 0.29) is 29.8 Å². The van der Waals surface area contributed by atoms with Gasteiger partial charge in [-0.1, -0.05) is 43.5 Å². The molecule has 0 aromatic heterocycles. The zero-order valence-electron chi connectivity index (χ0n) is 23.9. The minimum Gasteiger partial charge on any atom is -0.493 e. The van der Waals surface area contributed by atoms with Crippen molar-refractivity contribution < 1.29 is 37.7 Å². The van der Waals surface area contributed by atoms with Crippen molar-refractivity contribution in [1.29, 1.82) is 0 Å². The van der Waals surface area contributed by atoms with E-state index in [0.29, 0.717) is 22.8 Å². The fourth-order valence-electron chi connectivity index (χ4n) is 5.53. The van der Waals surface area contributed by atoms with Gasteiger partial charge in [-0.3, -0.25) is 14.5 Å². The van der Waals surface area contributed by atoms with Gasteiger partial charge in [0, 0.05) is 6.04 Å². The van der Waals surface area contributed by atoms with Crippen molar-refractivity contribution in [2.75, 3.05) is 32.8 Å². The Morgan fingerprint density at radius 1 is 0.905 bits per heavy atom. The first-order valence-corrected chi connectivity index (χ1v) is 14.0. The molecule has 2 amide bonds. The average Bonchev–Trinajstić information content (AvgIpc) is 3.03. The van der Waals surface area contributed by atoms with Gasteiger partial charge in [0.05, 0.1) is 27.0 Å². The van der Waals surface area contributed by atoms with E-state index < -0.39 is 29.8 Å². The van der Waals surface area contributed by atoms with Crippen molar-refractivity contribution in [3.8, 4) is 28.7 Å². The summed E-state index contributed by atoms with van der Waals surface area (Å²) >= 11 is 0. The van der Waals surface area contributed by atoms with Crippen LogP contribution in [0.25, 0.3) is 0 Å². The van der Waals surface area contributed by atoms with E-state index in [2.05, 4.69) is 5.32 Å². The number of para-hydroxylation sites is 3. The van der Waals surface area contributed by atoms with Crippen LogP contribution in [0, 0.1) is 5.82 Å². The summed E-state index contributed by atoms with van der Waals surface area (Å²) in [6.07, 6.45) is 3.56. The maximum Gasteiger partial charge on any atom is 0.272 e. The Labute approximate surface area is 244 Å². The highest BCUT2D eigenvalue weighted by molar-refractivity contribution is 6.04. The number of rotatable bonds is 9. The van der Waals surface area contributed by atoms with Crippen LogP contribution in [0.5, 0.6) is 28.7 Å². The molecule has 42 heavy (non-hydrogen) atoms. The molecule has 1 fully saturated rings. The molecule has 1 N–H and O–H groups in total. The third-order valence-corrected chi connectivity index (χ3v) is 7.59. The van der Waals surface area contributed by atoms with Gasteiger partial charge in [-0.05, 0) is 54.8 Å². The molecule has 2 atom stereocenters. The fraction of sp³-hybridized carbons (Fsp3) is 0.375. The fourth-order valence-corrected chi connectivity index (χ4v) is 5.53. The van der Waals surface area contributed by atoms with Crippen LogP contribution in [0.1, 0.15) is 43.7 Å². The number of benzene rings is 3. The second-order valence-corrected chi connectivity index (χ2v) is 10.2. The molecular formula is C32H35FN2O7. The van der Waals surface area contributed by atoms with Gasteiger partial charge in [-0.15, -0.1) is 0 Å². The van der Waals surface area contributed by atoms with Gasteiger partial charge in [0.2, 0.25) is 17.8 Å². The molecule has 0 unspecified atom stereocenters. The molecule has 1 aliphatic heterocycles. The van der Waals surface area contributed by atoms with Crippen LogP contribution in [0.2, 0.25) is 0 Å². The van der Waals surface area contributed by atoms with E-state index in [1.54, 1.807) is 42.5 Å². The summed E-state index contributed by atoms with van der Waals surface area (Å²) < 4.78 is 44.0. The first-order chi connectivity index (χ1) is 20.4. The minimum absolute atomic E-state index is 0.0745. The number of hydrogen-bond acceptors (Lipinski definition) is 7. The molecule has 222 valence electrons. The highest BCUT2D eigenvalue weighted by Crippen LogP contribution is 2.42. The van der Waals surface area contributed by atoms with Gasteiger partial charge < -0.3 is 29.0 Å². The first kappa shape index (κ1) is 29.0. The quantitative estimate of drug-likeness (QED) is 0.372. The largest absolute Gasteiger partial charge is 0.493 e. The van der Waals surface area contributed by atoms with Crippen LogP contribution >= 0.6 is 0 Å². The third-order valence-electron chi connectivity index (χ3n) is 7.59. The number of amides is 2. The summed E-state index contributed by atoms with van der Waals surface area (Å²) in [4.78, 5) is 29.8. The predicted molar refractivity (Wildman–Crippen MR) is 154 cm³/mol. The summed E-state index contributed by atoms with van der Waals surface area (Å²) in [5.74, 6) is -0.0202. The smallest absolute Gasteiger partial charge is 0.272 e. The van der Waals surface area contributed by atoms with Crippen molar-refractivity contribution in [2.24, 2.45) is 0 Å². The standard InChI is InChI=1S/C32H35FN2O7/c1-38-26-17-20(18-27(39-2)30(26)40-3)29(31(36)34-21-11-5-4-6-12-21)35(23-14-8-7-13-22(23)33)32(37)28-19-41-24-15-9-10-16-25(24)42-28/h7-10,13-18,21,28-29H,4-6,11-12,19H2,1-3H3,(H,34,36)/t28-,29+/m0/s1. The molecule has 9 nitrogen and oxygen atoms in total. The molecule has 3 aromatic rings. The van der Waals surface area contributed by atoms with Crippen molar-refractivity contribution in [1.82, 2.24) is 5.32 Å². The Morgan fingerprint density at radius 3 is 2.19 bits per heavy atom. The number of fused-ring (bicyclic) bond motifs is 1. The van der Waals surface area contributed by atoms with Gasteiger partial charge >= 0.3 is 0 Å². The topological polar surface area (TPSA) is 95.6 Å². The Bertz CT molecular complexity index is 1400. The molecule has 3 aromatic carbocycles. The van der Waals surface area contributed by atoms with E-state index in [1.807, 2.05) is 0 Å². The third kappa shape index (κ3) is 5.93. The van der Waals surface area contributed by atoms with Gasteiger partial charge in [-0.25, -0.2) is 4.39 Å². The summed E-state index contributed by atoms with van der Waals surface area (Å²) in [6.45, 7) is -0.118. The minimum atomic E-state index is -1.31. The molecule has 0 bridgehead atoms. The normalized spacial score (nSPS) is 17.1. The molecule has 5 rings (SSSR count). The van der Waals surface area contributed by atoms with Gasteiger partial charge in [0.15, 0.2) is 23.0 Å². The SMILES string of the molecule is COc1cc([C@H](C(=O)NC2CCCCC2)N(C(=O)[C@@H]2COc3ccccc3O2)c2ccccc2F)cc(OC)c1OC. The summed E-state index contributed by atoms with van der Waals surface area (Å²) in [6, 6.07) is 14.6. The highest BCUT2D eigenvalue weighted by Gasteiger charge is 2.41. The van der Waals surface area contributed by atoms with Gasteiger partial charge in [0.1, 0.15) is 18.5 Å². The number of ether oxygens (including phenoxy) is 5.